The first-order valence-corrected chi connectivity index (χ1v) is 8.04. The number of hydrogen-bond donors (Lipinski definition) is 2. The van der Waals surface area contributed by atoms with E-state index in [2.05, 4.69) is 10.3 Å². The Kier molecular flexibility index (Phi) is 4.03. The Morgan fingerprint density at radius 3 is 3.10 bits per heavy atom. The minimum Gasteiger partial charge on any atom is -0.349 e. The third-order valence-electron chi connectivity index (χ3n) is 4.12. The van der Waals surface area contributed by atoms with Gasteiger partial charge in [-0.3, -0.25) is 14.0 Å². The lowest BCUT2D eigenvalue weighted by Crippen LogP contribution is -2.46. The van der Waals surface area contributed by atoms with Gasteiger partial charge in [-0.05, 0) is 25.3 Å². The summed E-state index contributed by atoms with van der Waals surface area (Å²) in [5.74, 6) is -0.0539. The van der Waals surface area contributed by atoms with E-state index in [1.165, 1.54) is 21.9 Å². The molecule has 112 valence electrons. The molecular weight excluding hydrogens is 288 g/mol. The van der Waals surface area contributed by atoms with Crippen molar-refractivity contribution in [2.24, 2.45) is 11.7 Å². The lowest BCUT2D eigenvalue weighted by Gasteiger charge is -2.31. The molecule has 2 aromatic heterocycles. The number of nitrogens with two attached hydrogens (primary N) is 1. The van der Waals surface area contributed by atoms with E-state index in [9.17, 15) is 9.59 Å². The van der Waals surface area contributed by atoms with Gasteiger partial charge in [-0.1, -0.05) is 12.8 Å². The van der Waals surface area contributed by atoms with Crippen LogP contribution in [-0.4, -0.2) is 27.9 Å². The SMILES string of the molecule is NC[C@H]1CCCC[C@H]1NC(=O)c1cnc2sccn2c1=O. The summed E-state index contributed by atoms with van der Waals surface area (Å²) in [5, 5.41) is 4.74. The summed E-state index contributed by atoms with van der Waals surface area (Å²) in [6.45, 7) is 0.561. The molecule has 2 atom stereocenters. The number of fused-ring (bicyclic) bond motifs is 1. The number of aromatic nitrogens is 2. The van der Waals surface area contributed by atoms with Crippen molar-refractivity contribution in [3.8, 4) is 0 Å². The van der Waals surface area contributed by atoms with Crippen LogP contribution in [0.3, 0.4) is 0 Å². The zero-order valence-electron chi connectivity index (χ0n) is 11.6. The summed E-state index contributed by atoms with van der Waals surface area (Å²) < 4.78 is 1.40. The summed E-state index contributed by atoms with van der Waals surface area (Å²) in [5.41, 5.74) is 5.54. The first-order chi connectivity index (χ1) is 10.2. The van der Waals surface area contributed by atoms with E-state index in [-0.39, 0.29) is 23.1 Å². The van der Waals surface area contributed by atoms with Crippen LogP contribution >= 0.6 is 11.3 Å². The van der Waals surface area contributed by atoms with E-state index < -0.39 is 0 Å². The van der Waals surface area contributed by atoms with Gasteiger partial charge in [0.1, 0.15) is 5.56 Å². The van der Waals surface area contributed by atoms with E-state index in [4.69, 9.17) is 5.73 Å². The highest BCUT2D eigenvalue weighted by Gasteiger charge is 2.26. The van der Waals surface area contributed by atoms with Crippen molar-refractivity contribution in [3.05, 3.63) is 33.7 Å². The fourth-order valence-corrected chi connectivity index (χ4v) is 3.58. The van der Waals surface area contributed by atoms with Gasteiger partial charge in [-0.25, -0.2) is 4.98 Å². The minimum atomic E-state index is -0.349. The first kappa shape index (κ1) is 14.2. The van der Waals surface area contributed by atoms with E-state index >= 15 is 0 Å². The Hall–Kier alpha value is -1.73. The van der Waals surface area contributed by atoms with Crippen molar-refractivity contribution < 1.29 is 4.79 Å². The molecule has 3 N–H and O–H groups in total. The predicted molar refractivity (Wildman–Crippen MR) is 81.6 cm³/mol. The Labute approximate surface area is 126 Å². The molecule has 6 nitrogen and oxygen atoms in total. The van der Waals surface area contributed by atoms with Crippen molar-refractivity contribution in [1.82, 2.24) is 14.7 Å². The quantitative estimate of drug-likeness (QED) is 0.885. The number of amides is 1. The van der Waals surface area contributed by atoms with Gasteiger partial charge in [0.25, 0.3) is 11.5 Å². The van der Waals surface area contributed by atoms with Crippen molar-refractivity contribution in [2.45, 2.75) is 31.7 Å². The molecule has 2 heterocycles. The third kappa shape index (κ3) is 2.71. The summed E-state index contributed by atoms with van der Waals surface area (Å²) >= 11 is 1.37. The number of carbonyl (C=O) groups is 1. The van der Waals surface area contributed by atoms with Crippen LogP contribution < -0.4 is 16.6 Å². The number of nitrogens with zero attached hydrogens (tertiary/aromatic N) is 2. The number of rotatable bonds is 3. The van der Waals surface area contributed by atoms with E-state index in [1.54, 1.807) is 11.6 Å². The molecule has 2 aromatic rings. The molecule has 0 spiro atoms. The second-order valence-corrected chi connectivity index (χ2v) is 6.27. The van der Waals surface area contributed by atoms with Crippen LogP contribution in [0.25, 0.3) is 4.96 Å². The molecule has 0 unspecified atom stereocenters. The third-order valence-corrected chi connectivity index (χ3v) is 4.89. The molecule has 1 saturated carbocycles. The lowest BCUT2D eigenvalue weighted by molar-refractivity contribution is 0.0906. The van der Waals surface area contributed by atoms with Gasteiger partial charge in [-0.2, -0.15) is 0 Å². The van der Waals surface area contributed by atoms with Gasteiger partial charge in [0, 0.05) is 23.8 Å². The summed E-state index contributed by atoms with van der Waals surface area (Å²) in [6, 6.07) is 0.0545. The van der Waals surface area contributed by atoms with E-state index in [0.29, 0.717) is 17.4 Å². The van der Waals surface area contributed by atoms with Crippen LogP contribution in [0, 0.1) is 5.92 Å². The monoisotopic (exact) mass is 306 g/mol. The van der Waals surface area contributed by atoms with Crippen LogP contribution in [0.5, 0.6) is 0 Å². The molecule has 21 heavy (non-hydrogen) atoms. The van der Waals surface area contributed by atoms with Gasteiger partial charge in [0.15, 0.2) is 4.96 Å². The summed E-state index contributed by atoms with van der Waals surface area (Å²) in [6.07, 6.45) is 7.19. The largest absolute Gasteiger partial charge is 0.349 e. The van der Waals surface area contributed by atoms with Gasteiger partial charge < -0.3 is 11.1 Å². The molecule has 0 saturated heterocycles. The molecule has 0 aliphatic heterocycles. The number of thiazole rings is 1. The zero-order chi connectivity index (χ0) is 14.8. The molecule has 1 aliphatic carbocycles. The average Bonchev–Trinajstić information content (AvgIpc) is 2.97. The minimum absolute atomic E-state index is 0.0545. The van der Waals surface area contributed by atoms with Crippen LogP contribution in [0.4, 0.5) is 0 Å². The molecular formula is C14H18N4O2S. The average molecular weight is 306 g/mol. The van der Waals surface area contributed by atoms with Crippen molar-refractivity contribution in [3.63, 3.8) is 0 Å². The highest BCUT2D eigenvalue weighted by molar-refractivity contribution is 7.15. The maximum Gasteiger partial charge on any atom is 0.271 e. The molecule has 0 bridgehead atoms. The normalized spacial score (nSPS) is 22.3. The van der Waals surface area contributed by atoms with E-state index in [1.807, 2.05) is 0 Å². The molecule has 1 amide bonds. The maximum atomic E-state index is 12.4. The second-order valence-electron chi connectivity index (χ2n) is 5.39. The van der Waals surface area contributed by atoms with Crippen molar-refractivity contribution in [2.75, 3.05) is 6.54 Å². The predicted octanol–water partition coefficient (Wildman–Crippen LogP) is 1.00. The van der Waals surface area contributed by atoms with Crippen LogP contribution in [0.2, 0.25) is 0 Å². The molecule has 0 aromatic carbocycles. The fraction of sp³-hybridized carbons (Fsp3) is 0.500. The Balaban J connectivity index is 1.83. The fourth-order valence-electron chi connectivity index (χ4n) is 2.91. The highest BCUT2D eigenvalue weighted by Crippen LogP contribution is 2.23. The van der Waals surface area contributed by atoms with Crippen LogP contribution in [0.15, 0.2) is 22.6 Å². The Morgan fingerprint density at radius 2 is 2.29 bits per heavy atom. The van der Waals surface area contributed by atoms with Crippen LogP contribution in [-0.2, 0) is 0 Å². The summed E-state index contributed by atoms with van der Waals surface area (Å²) in [4.78, 5) is 29.4. The number of nitrogens with one attached hydrogen (secondary N) is 1. The standard InChI is InChI=1S/C14H18N4O2S/c15-7-9-3-1-2-4-11(9)17-12(19)10-8-16-14-18(13(10)20)5-6-21-14/h5-6,8-9,11H,1-4,7,15H2,(H,17,19)/t9-,11-/m1/s1. The maximum absolute atomic E-state index is 12.4. The molecule has 7 heteroatoms. The number of carbonyl (C=O) groups excluding carboxylic acids is 1. The van der Waals surface area contributed by atoms with Gasteiger partial charge >= 0.3 is 0 Å². The second kappa shape index (κ2) is 5.95. The van der Waals surface area contributed by atoms with Gasteiger partial charge in [-0.15, -0.1) is 11.3 Å². The Morgan fingerprint density at radius 1 is 1.48 bits per heavy atom. The van der Waals surface area contributed by atoms with Crippen molar-refractivity contribution in [1.29, 1.82) is 0 Å². The van der Waals surface area contributed by atoms with Crippen molar-refractivity contribution >= 4 is 22.2 Å². The van der Waals surface area contributed by atoms with Crippen LogP contribution in [0.1, 0.15) is 36.0 Å². The molecule has 1 aliphatic rings. The lowest BCUT2D eigenvalue weighted by atomic mass is 9.84. The molecule has 1 fully saturated rings. The topological polar surface area (TPSA) is 89.5 Å². The Bertz CT molecular complexity index is 708. The first-order valence-electron chi connectivity index (χ1n) is 7.16. The van der Waals surface area contributed by atoms with E-state index in [0.717, 1.165) is 25.7 Å². The zero-order valence-corrected chi connectivity index (χ0v) is 12.4. The molecule has 3 rings (SSSR count). The summed E-state index contributed by atoms with van der Waals surface area (Å²) in [7, 11) is 0. The number of hydrogen-bond acceptors (Lipinski definition) is 5. The highest BCUT2D eigenvalue weighted by atomic mass is 32.1. The van der Waals surface area contributed by atoms with Gasteiger partial charge in [0.05, 0.1) is 0 Å². The van der Waals surface area contributed by atoms with Gasteiger partial charge in [0.2, 0.25) is 0 Å². The smallest absolute Gasteiger partial charge is 0.271 e. The molecule has 0 radical (unpaired) electrons.